The van der Waals surface area contributed by atoms with E-state index in [1.165, 1.54) is 0 Å². The van der Waals surface area contributed by atoms with Crippen molar-refractivity contribution in [1.29, 1.82) is 0 Å². The molecule has 3 amide bonds. The Morgan fingerprint density at radius 1 is 0.959 bits per heavy atom. The number of carbonyl (C=O) groups is 3. The Kier molecular flexibility index (Phi) is 10.0. The number of fused-ring (bicyclic) bond motifs is 2. The van der Waals surface area contributed by atoms with Crippen molar-refractivity contribution in [3.05, 3.63) is 144 Å². The van der Waals surface area contributed by atoms with E-state index in [-0.39, 0.29) is 44.4 Å². The van der Waals surface area contributed by atoms with Crippen LogP contribution < -0.4 is 10.2 Å². The largest absolute Gasteiger partial charge is 0.395 e. The molecule has 0 radical (unpaired) electrons. The van der Waals surface area contributed by atoms with Crippen molar-refractivity contribution >= 4 is 40.0 Å². The number of amides is 3. The molecule has 4 N–H and O–H groups in total. The number of aliphatic hydroxyl groups excluding tert-OH is 1. The van der Waals surface area contributed by atoms with E-state index in [0.29, 0.717) is 23.5 Å². The average molecular weight is 657 g/mol. The third-order valence-corrected chi connectivity index (χ3v) is 9.07. The van der Waals surface area contributed by atoms with Crippen LogP contribution in [0.25, 0.3) is 10.9 Å². The molecule has 9 nitrogen and oxygen atoms in total. The number of benzene rings is 4. The highest BCUT2D eigenvalue weighted by atomic mass is 16.3. The zero-order valence-electron chi connectivity index (χ0n) is 27.4. The number of nitrogens with zero attached hydrogens (tertiary/aromatic N) is 2. The van der Waals surface area contributed by atoms with Crippen molar-refractivity contribution in [3.8, 4) is 0 Å². The van der Waals surface area contributed by atoms with Gasteiger partial charge in [0.05, 0.1) is 25.3 Å². The lowest BCUT2D eigenvalue weighted by molar-refractivity contribution is -0.139. The van der Waals surface area contributed by atoms with Crippen LogP contribution in [0.3, 0.4) is 0 Å². The Balaban J connectivity index is 1.13. The molecule has 4 aromatic carbocycles. The SMILES string of the molecule is C[C@H](/C=C/CC(=O)N(CCO)Cc1ccccc1)[C@@]1(O)C(=O)N(Cc2cccc(NC(=O)Cc3c[nH]c4ccccc34)c2)c2ccccc21. The molecule has 0 fully saturated rings. The summed E-state index contributed by atoms with van der Waals surface area (Å²) in [6, 6.07) is 32.0. The second-order valence-corrected chi connectivity index (χ2v) is 12.4. The van der Waals surface area contributed by atoms with E-state index in [9.17, 15) is 24.6 Å². The lowest BCUT2D eigenvalue weighted by atomic mass is 9.83. The summed E-state index contributed by atoms with van der Waals surface area (Å²) in [5.41, 5.74) is 3.51. The second-order valence-electron chi connectivity index (χ2n) is 12.4. The van der Waals surface area contributed by atoms with Crippen molar-refractivity contribution in [1.82, 2.24) is 9.88 Å². The summed E-state index contributed by atoms with van der Waals surface area (Å²) in [5.74, 6) is -1.43. The quantitative estimate of drug-likeness (QED) is 0.121. The number of H-pyrrole nitrogens is 1. The molecule has 0 saturated heterocycles. The molecule has 49 heavy (non-hydrogen) atoms. The Hall–Kier alpha value is -5.51. The van der Waals surface area contributed by atoms with Gasteiger partial charge in [0, 0.05) is 53.8 Å². The van der Waals surface area contributed by atoms with E-state index in [4.69, 9.17) is 0 Å². The summed E-state index contributed by atoms with van der Waals surface area (Å²) in [5, 5.41) is 25.5. The molecule has 2 atom stereocenters. The van der Waals surface area contributed by atoms with Crippen LogP contribution >= 0.6 is 0 Å². The van der Waals surface area contributed by atoms with Gasteiger partial charge in [-0.2, -0.15) is 0 Å². The third kappa shape index (κ3) is 7.18. The molecule has 1 aliphatic rings. The van der Waals surface area contributed by atoms with Crippen molar-refractivity contribution in [3.63, 3.8) is 0 Å². The maximum absolute atomic E-state index is 14.0. The number of hydrogen-bond donors (Lipinski definition) is 4. The molecule has 6 rings (SSSR count). The fourth-order valence-corrected chi connectivity index (χ4v) is 6.50. The highest BCUT2D eigenvalue weighted by molar-refractivity contribution is 6.07. The van der Waals surface area contributed by atoms with Gasteiger partial charge in [0.1, 0.15) is 0 Å². The molecule has 9 heteroatoms. The van der Waals surface area contributed by atoms with Crippen LogP contribution in [-0.4, -0.2) is 51.0 Å². The van der Waals surface area contributed by atoms with Crippen molar-refractivity contribution < 1.29 is 24.6 Å². The summed E-state index contributed by atoms with van der Waals surface area (Å²) in [7, 11) is 0. The summed E-state index contributed by atoms with van der Waals surface area (Å²) in [6.07, 6.45) is 5.51. The van der Waals surface area contributed by atoms with Gasteiger partial charge in [-0.3, -0.25) is 14.4 Å². The highest BCUT2D eigenvalue weighted by Gasteiger charge is 2.52. The van der Waals surface area contributed by atoms with Crippen LogP contribution in [0.4, 0.5) is 11.4 Å². The Morgan fingerprint density at radius 3 is 2.51 bits per heavy atom. The Morgan fingerprint density at radius 2 is 1.69 bits per heavy atom. The molecular weight excluding hydrogens is 616 g/mol. The lowest BCUT2D eigenvalue weighted by Gasteiger charge is -2.28. The van der Waals surface area contributed by atoms with Crippen LogP contribution in [0.1, 0.15) is 35.6 Å². The number of para-hydroxylation sites is 2. The molecule has 0 bridgehead atoms. The highest BCUT2D eigenvalue weighted by Crippen LogP contribution is 2.45. The Bertz CT molecular complexity index is 1990. The first-order valence-electron chi connectivity index (χ1n) is 16.4. The molecule has 0 aliphatic carbocycles. The van der Waals surface area contributed by atoms with Gasteiger partial charge in [0.15, 0.2) is 5.60 Å². The van der Waals surface area contributed by atoms with E-state index in [1.54, 1.807) is 41.0 Å². The van der Waals surface area contributed by atoms with Gasteiger partial charge in [-0.15, -0.1) is 0 Å². The predicted molar refractivity (Wildman–Crippen MR) is 190 cm³/mol. The van der Waals surface area contributed by atoms with Crippen LogP contribution in [0.2, 0.25) is 0 Å². The Labute approximate surface area is 285 Å². The van der Waals surface area contributed by atoms with Crippen LogP contribution in [0, 0.1) is 5.92 Å². The fraction of sp³-hybridized carbons (Fsp3) is 0.225. The summed E-state index contributed by atoms with van der Waals surface area (Å²) in [6.45, 7) is 2.38. The van der Waals surface area contributed by atoms with Gasteiger partial charge in [-0.05, 0) is 41.0 Å². The first kappa shape index (κ1) is 33.4. The van der Waals surface area contributed by atoms with Gasteiger partial charge < -0.3 is 30.3 Å². The lowest BCUT2D eigenvalue weighted by Crippen LogP contribution is -2.44. The molecule has 0 unspecified atom stereocenters. The molecule has 0 saturated carbocycles. The van der Waals surface area contributed by atoms with E-state index >= 15 is 0 Å². The first-order valence-corrected chi connectivity index (χ1v) is 16.4. The van der Waals surface area contributed by atoms with Gasteiger partial charge in [-0.25, -0.2) is 0 Å². The number of aromatic nitrogens is 1. The molecule has 1 aliphatic heterocycles. The number of aromatic amines is 1. The van der Waals surface area contributed by atoms with Crippen LogP contribution in [-0.2, 0) is 39.5 Å². The third-order valence-electron chi connectivity index (χ3n) is 9.07. The monoisotopic (exact) mass is 656 g/mol. The first-order chi connectivity index (χ1) is 23.8. The van der Waals surface area contributed by atoms with Gasteiger partial charge >= 0.3 is 0 Å². The molecule has 5 aromatic rings. The van der Waals surface area contributed by atoms with Gasteiger partial charge in [0.2, 0.25) is 11.8 Å². The van der Waals surface area contributed by atoms with Crippen LogP contribution in [0.5, 0.6) is 0 Å². The minimum atomic E-state index is -1.84. The minimum absolute atomic E-state index is 0.0611. The number of anilines is 2. The summed E-state index contributed by atoms with van der Waals surface area (Å²) >= 11 is 0. The summed E-state index contributed by atoms with van der Waals surface area (Å²) in [4.78, 5) is 46.4. The zero-order chi connectivity index (χ0) is 34.4. The maximum atomic E-state index is 14.0. The molecule has 1 aromatic heterocycles. The molecule has 0 spiro atoms. The van der Waals surface area contributed by atoms with Gasteiger partial charge in [0.25, 0.3) is 5.91 Å². The van der Waals surface area contributed by atoms with E-state index < -0.39 is 17.4 Å². The number of rotatable bonds is 13. The second kappa shape index (κ2) is 14.7. The molecule has 2 heterocycles. The molecule has 250 valence electrons. The fourth-order valence-electron chi connectivity index (χ4n) is 6.50. The van der Waals surface area contributed by atoms with Crippen molar-refractivity contribution in [2.24, 2.45) is 5.92 Å². The van der Waals surface area contributed by atoms with E-state index in [2.05, 4.69) is 10.3 Å². The number of aliphatic hydroxyl groups is 2. The maximum Gasteiger partial charge on any atom is 0.264 e. The normalized spacial score (nSPS) is 16.2. The van der Waals surface area contributed by atoms with E-state index in [1.807, 2.05) is 97.2 Å². The number of nitrogens with one attached hydrogen (secondary N) is 2. The molecular formula is C40H40N4O5. The summed E-state index contributed by atoms with van der Waals surface area (Å²) < 4.78 is 0. The van der Waals surface area contributed by atoms with Gasteiger partial charge in [-0.1, -0.05) is 97.9 Å². The average Bonchev–Trinajstić information content (AvgIpc) is 3.61. The van der Waals surface area contributed by atoms with Crippen molar-refractivity contribution in [2.75, 3.05) is 23.4 Å². The number of carbonyl (C=O) groups excluding carboxylic acids is 3. The minimum Gasteiger partial charge on any atom is -0.395 e. The van der Waals surface area contributed by atoms with E-state index in [0.717, 1.165) is 27.6 Å². The zero-order valence-corrected chi connectivity index (χ0v) is 27.4. The van der Waals surface area contributed by atoms with Crippen LogP contribution in [0.15, 0.2) is 121 Å². The topological polar surface area (TPSA) is 126 Å². The predicted octanol–water partition coefficient (Wildman–Crippen LogP) is 5.69. The number of hydrogen-bond acceptors (Lipinski definition) is 5. The standard InChI is InChI=1S/C40H40N4O5/c1-28(11-9-20-38(47)43(21-22-45)26-29-12-3-2-4-13-29)40(49)34-17-6-8-19-36(34)44(39(40)48)27-30-14-10-15-32(23-30)42-37(46)24-31-25-41-35-18-7-5-16-33(31)35/h2-19,23,25,28,41,45,49H,20-22,24,26-27H2,1H3,(H,42,46)/b11-9+/t28-,40+/m1/s1. The van der Waals surface area contributed by atoms with Crippen molar-refractivity contribution in [2.45, 2.75) is 38.5 Å². The smallest absolute Gasteiger partial charge is 0.264 e.